The van der Waals surface area contributed by atoms with Crippen molar-refractivity contribution in [2.75, 3.05) is 0 Å². The summed E-state index contributed by atoms with van der Waals surface area (Å²) in [7, 11) is 0. The second-order valence-corrected chi connectivity index (χ2v) is 4.73. The number of aromatic nitrogens is 2. The number of nitriles is 2. The fourth-order valence-corrected chi connectivity index (χ4v) is 2.20. The molecule has 0 bridgehead atoms. The molecule has 0 radical (unpaired) electrons. The molecular formula is C18H10N4. The van der Waals surface area contributed by atoms with Gasteiger partial charge in [-0.15, -0.1) is 0 Å². The Morgan fingerprint density at radius 1 is 0.636 bits per heavy atom. The highest BCUT2D eigenvalue weighted by Gasteiger charge is 2.04. The minimum absolute atomic E-state index is 0.524. The lowest BCUT2D eigenvalue weighted by atomic mass is 10.00. The van der Waals surface area contributed by atoms with E-state index >= 15 is 0 Å². The number of hydrogen-bond acceptors (Lipinski definition) is 4. The van der Waals surface area contributed by atoms with Gasteiger partial charge in [0.05, 0.1) is 11.1 Å². The van der Waals surface area contributed by atoms with Crippen LogP contribution in [0.25, 0.3) is 22.3 Å². The molecule has 3 aromatic rings. The van der Waals surface area contributed by atoms with Gasteiger partial charge in [-0.3, -0.25) is 9.97 Å². The van der Waals surface area contributed by atoms with Crippen LogP contribution in [0.2, 0.25) is 0 Å². The number of hydrogen-bond donors (Lipinski definition) is 0. The molecule has 0 saturated heterocycles. The molecule has 2 aromatic heterocycles. The third-order valence-electron chi connectivity index (χ3n) is 3.26. The van der Waals surface area contributed by atoms with Crippen molar-refractivity contribution in [3.8, 4) is 34.4 Å². The second-order valence-electron chi connectivity index (χ2n) is 4.73. The summed E-state index contributed by atoms with van der Waals surface area (Å²) in [5.74, 6) is 0. The van der Waals surface area contributed by atoms with Crippen LogP contribution in [0.3, 0.4) is 0 Å². The first-order valence-corrected chi connectivity index (χ1v) is 6.61. The van der Waals surface area contributed by atoms with Crippen LogP contribution in [0.15, 0.2) is 61.2 Å². The molecule has 3 rings (SSSR count). The first-order chi connectivity index (χ1) is 10.8. The van der Waals surface area contributed by atoms with Crippen LogP contribution in [-0.2, 0) is 0 Å². The standard InChI is InChI=1S/C18H10N4/c19-7-13-4-17(11-21-9-13)15-2-1-3-16(6-15)18-5-14(8-20)10-22-12-18/h1-6,9-12H. The molecule has 0 atom stereocenters. The smallest absolute Gasteiger partial charge is 0.101 e. The Kier molecular flexibility index (Phi) is 3.59. The zero-order valence-corrected chi connectivity index (χ0v) is 11.6. The Morgan fingerprint density at radius 2 is 1.14 bits per heavy atom. The Balaban J connectivity index is 2.06. The molecule has 0 spiro atoms. The third kappa shape index (κ3) is 2.67. The van der Waals surface area contributed by atoms with Crippen LogP contribution in [0, 0.1) is 22.7 Å². The van der Waals surface area contributed by atoms with Crippen LogP contribution in [0.4, 0.5) is 0 Å². The maximum Gasteiger partial charge on any atom is 0.101 e. The summed E-state index contributed by atoms with van der Waals surface area (Å²) in [6, 6.07) is 15.6. The molecule has 4 nitrogen and oxygen atoms in total. The van der Waals surface area contributed by atoms with E-state index in [1.807, 2.05) is 24.3 Å². The van der Waals surface area contributed by atoms with E-state index < -0.39 is 0 Å². The topological polar surface area (TPSA) is 73.4 Å². The van der Waals surface area contributed by atoms with Crippen LogP contribution >= 0.6 is 0 Å². The van der Waals surface area contributed by atoms with E-state index in [-0.39, 0.29) is 0 Å². The fourth-order valence-electron chi connectivity index (χ4n) is 2.20. The first-order valence-electron chi connectivity index (χ1n) is 6.61. The van der Waals surface area contributed by atoms with E-state index in [1.54, 1.807) is 24.5 Å². The average Bonchev–Trinajstić information content (AvgIpc) is 2.62. The molecule has 1 aromatic carbocycles. The van der Waals surface area contributed by atoms with Crippen LogP contribution in [0.1, 0.15) is 11.1 Å². The monoisotopic (exact) mass is 282 g/mol. The van der Waals surface area contributed by atoms with Gasteiger partial charge in [0, 0.05) is 35.9 Å². The normalized spacial score (nSPS) is 9.73. The Labute approximate surface area is 127 Å². The highest BCUT2D eigenvalue weighted by Crippen LogP contribution is 2.26. The minimum atomic E-state index is 0.524. The van der Waals surface area contributed by atoms with Crippen LogP contribution in [0.5, 0.6) is 0 Å². The lowest BCUT2D eigenvalue weighted by Crippen LogP contribution is -1.86. The number of benzene rings is 1. The molecule has 2 heterocycles. The van der Waals surface area contributed by atoms with E-state index in [9.17, 15) is 0 Å². The summed E-state index contributed by atoms with van der Waals surface area (Å²) in [4.78, 5) is 8.17. The van der Waals surface area contributed by atoms with Crippen molar-refractivity contribution in [2.24, 2.45) is 0 Å². The van der Waals surface area contributed by atoms with Crippen molar-refractivity contribution in [1.29, 1.82) is 10.5 Å². The maximum absolute atomic E-state index is 8.97. The van der Waals surface area contributed by atoms with Crippen molar-refractivity contribution >= 4 is 0 Å². The van der Waals surface area contributed by atoms with Gasteiger partial charge in [0.2, 0.25) is 0 Å². The van der Waals surface area contributed by atoms with Crippen LogP contribution < -0.4 is 0 Å². The highest BCUT2D eigenvalue weighted by atomic mass is 14.6. The van der Waals surface area contributed by atoms with E-state index in [2.05, 4.69) is 22.1 Å². The van der Waals surface area contributed by atoms with Gasteiger partial charge in [0.25, 0.3) is 0 Å². The van der Waals surface area contributed by atoms with Gasteiger partial charge in [-0.25, -0.2) is 0 Å². The summed E-state index contributed by atoms with van der Waals surface area (Å²) >= 11 is 0. The lowest BCUT2D eigenvalue weighted by Gasteiger charge is -2.06. The molecular weight excluding hydrogens is 272 g/mol. The Bertz CT molecular complexity index is 844. The summed E-state index contributed by atoms with van der Waals surface area (Å²) < 4.78 is 0. The quantitative estimate of drug-likeness (QED) is 0.720. The lowest BCUT2D eigenvalue weighted by molar-refractivity contribution is 1.30. The SMILES string of the molecule is N#Cc1cncc(-c2cccc(-c3cncc(C#N)c3)c2)c1. The predicted molar refractivity (Wildman–Crippen MR) is 82.3 cm³/mol. The van der Waals surface area contributed by atoms with Crippen molar-refractivity contribution in [3.63, 3.8) is 0 Å². The first kappa shape index (κ1) is 13.5. The Hall–Kier alpha value is -3.50. The number of nitrogens with zero attached hydrogens (tertiary/aromatic N) is 4. The van der Waals surface area contributed by atoms with E-state index in [1.165, 1.54) is 12.4 Å². The zero-order chi connectivity index (χ0) is 15.4. The molecule has 0 amide bonds. The van der Waals surface area contributed by atoms with Gasteiger partial charge in [-0.2, -0.15) is 10.5 Å². The number of rotatable bonds is 2. The summed E-state index contributed by atoms with van der Waals surface area (Å²) in [5.41, 5.74) is 4.73. The fraction of sp³-hybridized carbons (Fsp3) is 0. The largest absolute Gasteiger partial charge is 0.263 e. The molecule has 0 N–H and O–H groups in total. The molecule has 0 saturated carbocycles. The molecule has 22 heavy (non-hydrogen) atoms. The molecule has 4 heteroatoms. The van der Waals surface area contributed by atoms with Crippen LogP contribution in [-0.4, -0.2) is 9.97 Å². The summed E-state index contributed by atoms with van der Waals surface area (Å²) in [6.07, 6.45) is 6.52. The molecule has 0 aliphatic rings. The van der Waals surface area contributed by atoms with Gasteiger partial charge in [-0.1, -0.05) is 18.2 Å². The van der Waals surface area contributed by atoms with E-state index in [0.29, 0.717) is 11.1 Å². The van der Waals surface area contributed by atoms with Crippen molar-refractivity contribution < 1.29 is 0 Å². The maximum atomic E-state index is 8.97. The second kappa shape index (κ2) is 5.87. The Morgan fingerprint density at radius 3 is 1.59 bits per heavy atom. The van der Waals surface area contributed by atoms with Gasteiger partial charge < -0.3 is 0 Å². The third-order valence-corrected chi connectivity index (χ3v) is 3.26. The molecule has 0 aliphatic carbocycles. The molecule has 0 aliphatic heterocycles. The number of pyridine rings is 2. The van der Waals surface area contributed by atoms with Gasteiger partial charge in [0.15, 0.2) is 0 Å². The van der Waals surface area contributed by atoms with Crippen molar-refractivity contribution in [3.05, 3.63) is 72.3 Å². The molecule has 0 fully saturated rings. The minimum Gasteiger partial charge on any atom is -0.263 e. The van der Waals surface area contributed by atoms with Gasteiger partial charge >= 0.3 is 0 Å². The highest BCUT2D eigenvalue weighted by molar-refractivity contribution is 5.73. The molecule has 102 valence electrons. The van der Waals surface area contributed by atoms with Crippen molar-refractivity contribution in [1.82, 2.24) is 9.97 Å². The summed E-state index contributed by atoms with van der Waals surface area (Å²) in [6.45, 7) is 0. The average molecular weight is 282 g/mol. The summed E-state index contributed by atoms with van der Waals surface area (Å²) in [5, 5.41) is 17.9. The van der Waals surface area contributed by atoms with E-state index in [4.69, 9.17) is 10.5 Å². The molecule has 0 unspecified atom stereocenters. The van der Waals surface area contributed by atoms with Crippen molar-refractivity contribution in [2.45, 2.75) is 0 Å². The van der Waals surface area contributed by atoms with Gasteiger partial charge in [-0.05, 0) is 29.3 Å². The zero-order valence-electron chi connectivity index (χ0n) is 11.6. The van der Waals surface area contributed by atoms with E-state index in [0.717, 1.165) is 22.3 Å². The predicted octanol–water partition coefficient (Wildman–Crippen LogP) is 3.55. The van der Waals surface area contributed by atoms with Gasteiger partial charge in [0.1, 0.15) is 12.1 Å².